The van der Waals surface area contributed by atoms with Crippen molar-refractivity contribution in [1.82, 2.24) is 4.90 Å². The number of aromatic hydroxyl groups is 1. The van der Waals surface area contributed by atoms with Gasteiger partial charge in [0.2, 0.25) is 0 Å². The average molecular weight is 430 g/mol. The first kappa shape index (κ1) is 22.1. The summed E-state index contributed by atoms with van der Waals surface area (Å²) in [5.41, 5.74) is 0.224. The van der Waals surface area contributed by atoms with E-state index in [-0.39, 0.29) is 0 Å². The Morgan fingerprint density at radius 2 is 1.48 bits per heavy atom. The Labute approximate surface area is 177 Å². The van der Waals surface area contributed by atoms with Gasteiger partial charge in [0.05, 0.1) is 26.9 Å². The topological polar surface area (TPSA) is 153 Å². The van der Waals surface area contributed by atoms with Gasteiger partial charge in [0.15, 0.2) is 0 Å². The highest BCUT2D eigenvalue weighted by atomic mass is 16.6. The van der Waals surface area contributed by atoms with Crippen molar-refractivity contribution in [3.63, 3.8) is 0 Å². The highest BCUT2D eigenvalue weighted by Gasteiger charge is 2.30. The van der Waals surface area contributed by atoms with Gasteiger partial charge in [-0.15, -0.1) is 0 Å². The van der Waals surface area contributed by atoms with Crippen LogP contribution in [0.1, 0.15) is 42.9 Å². The number of benzene rings is 2. The van der Waals surface area contributed by atoms with E-state index in [2.05, 4.69) is 29.2 Å². The second kappa shape index (κ2) is 9.47. The van der Waals surface area contributed by atoms with Crippen molar-refractivity contribution in [3.8, 4) is 5.75 Å². The molecule has 0 aliphatic carbocycles. The van der Waals surface area contributed by atoms with Crippen LogP contribution in [-0.2, 0) is 6.42 Å². The Morgan fingerprint density at radius 3 is 2.10 bits per heavy atom. The minimum atomic E-state index is -1.21. The van der Waals surface area contributed by atoms with E-state index in [1.165, 1.54) is 45.2 Å². The molecule has 1 unspecified atom stereocenters. The fourth-order valence-electron chi connectivity index (χ4n) is 4.14. The maximum absolute atomic E-state index is 10.4. The third kappa shape index (κ3) is 4.94. The van der Waals surface area contributed by atoms with E-state index in [0.29, 0.717) is 12.1 Å². The van der Waals surface area contributed by atoms with Crippen molar-refractivity contribution in [3.05, 3.63) is 77.9 Å². The van der Waals surface area contributed by atoms with E-state index in [0.717, 1.165) is 6.04 Å². The Bertz CT molecular complexity index is 976. The van der Waals surface area contributed by atoms with Gasteiger partial charge in [0.25, 0.3) is 11.4 Å². The largest absolute Gasteiger partial charge is 0.497 e. The maximum atomic E-state index is 10.4. The summed E-state index contributed by atoms with van der Waals surface area (Å²) < 4.78 is 0. The van der Waals surface area contributed by atoms with Crippen LogP contribution in [-0.4, -0.2) is 37.9 Å². The number of phenolic OH excluding ortho intramolecular Hbond substituents is 1. The highest BCUT2D eigenvalue weighted by Crippen LogP contribution is 2.39. The van der Waals surface area contributed by atoms with Crippen molar-refractivity contribution in [1.29, 1.82) is 0 Å². The summed E-state index contributed by atoms with van der Waals surface area (Å²) in [7, 11) is 0. The van der Waals surface area contributed by atoms with Crippen molar-refractivity contribution in [2.75, 3.05) is 13.1 Å². The van der Waals surface area contributed by atoms with Gasteiger partial charge in [-0.1, -0.05) is 24.3 Å². The van der Waals surface area contributed by atoms with E-state index >= 15 is 0 Å². The van der Waals surface area contributed by atoms with Crippen molar-refractivity contribution in [2.45, 2.75) is 38.1 Å². The first-order valence-electron chi connectivity index (χ1n) is 9.91. The SMILES string of the molecule is O=[N+]([O-])c1cc([N+](=O)[O-])c(O)c([N+](=O)[O-])c1.c1ccc2c(c1)CCCCN1CCCC21. The van der Waals surface area contributed by atoms with Gasteiger partial charge in [0, 0.05) is 6.04 Å². The van der Waals surface area contributed by atoms with Gasteiger partial charge in [-0.3, -0.25) is 35.2 Å². The van der Waals surface area contributed by atoms with Gasteiger partial charge in [-0.05, 0) is 56.3 Å². The van der Waals surface area contributed by atoms with Crippen LogP contribution in [0.3, 0.4) is 0 Å². The first-order chi connectivity index (χ1) is 14.8. The lowest BCUT2D eigenvalue weighted by atomic mass is 9.93. The van der Waals surface area contributed by atoms with Crippen LogP contribution in [0, 0.1) is 30.3 Å². The van der Waals surface area contributed by atoms with Gasteiger partial charge < -0.3 is 5.11 Å². The number of hydrogen-bond acceptors (Lipinski definition) is 8. The van der Waals surface area contributed by atoms with Gasteiger partial charge in [-0.25, -0.2) is 0 Å². The quantitative estimate of drug-likeness (QED) is 0.559. The second-order valence-corrected chi connectivity index (χ2v) is 7.45. The van der Waals surface area contributed by atoms with Crippen LogP contribution in [0.15, 0.2) is 36.4 Å². The van der Waals surface area contributed by atoms with Gasteiger partial charge in [0.1, 0.15) is 0 Å². The zero-order chi connectivity index (χ0) is 22.5. The fourth-order valence-corrected chi connectivity index (χ4v) is 4.14. The molecule has 11 heteroatoms. The molecule has 2 aromatic rings. The van der Waals surface area contributed by atoms with E-state index in [9.17, 15) is 30.3 Å². The molecule has 1 saturated heterocycles. The molecule has 2 heterocycles. The lowest BCUT2D eigenvalue weighted by Gasteiger charge is -2.28. The number of fused-ring (bicyclic) bond motifs is 3. The number of aryl methyl sites for hydroxylation is 1. The number of rotatable bonds is 3. The summed E-state index contributed by atoms with van der Waals surface area (Å²) in [6.07, 6.45) is 6.79. The summed E-state index contributed by atoms with van der Waals surface area (Å²) in [6.45, 7) is 2.64. The Hall–Kier alpha value is -3.60. The lowest BCUT2D eigenvalue weighted by Crippen LogP contribution is -2.26. The molecular formula is C20H22N4O7. The first-order valence-corrected chi connectivity index (χ1v) is 9.91. The standard InChI is InChI=1S/C14H19N.C6H3N3O7/c1-2-8-13-12(6-1)7-3-4-10-15-11-5-9-14(13)15;10-6-4(8(13)14)1-3(7(11)12)2-5(6)9(15)16/h1-2,6,8,14H,3-5,7,9-11H2;1-2,10H. The van der Waals surface area contributed by atoms with Crippen LogP contribution < -0.4 is 0 Å². The summed E-state index contributed by atoms with van der Waals surface area (Å²) in [5, 5.41) is 40.2. The Morgan fingerprint density at radius 1 is 0.871 bits per heavy atom. The van der Waals surface area contributed by atoms with E-state index in [1.54, 1.807) is 11.1 Å². The predicted octanol–water partition coefficient (Wildman–Crippen LogP) is 4.28. The van der Waals surface area contributed by atoms with Gasteiger partial charge in [-0.2, -0.15) is 0 Å². The molecule has 164 valence electrons. The normalized spacial score (nSPS) is 17.9. The molecule has 11 nitrogen and oxygen atoms in total. The molecular weight excluding hydrogens is 408 g/mol. The molecule has 2 aliphatic rings. The summed E-state index contributed by atoms with van der Waals surface area (Å²) >= 11 is 0. The number of hydrogen-bond donors (Lipinski definition) is 1. The monoisotopic (exact) mass is 430 g/mol. The van der Waals surface area contributed by atoms with Crippen LogP contribution >= 0.6 is 0 Å². The molecule has 0 saturated carbocycles. The Kier molecular flexibility index (Phi) is 6.75. The zero-order valence-corrected chi connectivity index (χ0v) is 16.7. The molecule has 31 heavy (non-hydrogen) atoms. The third-order valence-electron chi connectivity index (χ3n) is 5.58. The highest BCUT2D eigenvalue weighted by molar-refractivity contribution is 5.64. The van der Waals surface area contributed by atoms with Gasteiger partial charge >= 0.3 is 11.4 Å². The predicted molar refractivity (Wildman–Crippen MR) is 111 cm³/mol. The van der Waals surface area contributed by atoms with Crippen molar-refractivity contribution < 1.29 is 19.9 Å². The third-order valence-corrected chi connectivity index (χ3v) is 5.58. The van der Waals surface area contributed by atoms with Crippen molar-refractivity contribution >= 4 is 17.1 Å². The number of nitrogens with zero attached hydrogens (tertiary/aromatic N) is 4. The van der Waals surface area contributed by atoms with Crippen LogP contribution in [0.2, 0.25) is 0 Å². The molecule has 2 aromatic carbocycles. The minimum absolute atomic E-state index is 0.447. The fraction of sp³-hybridized carbons (Fsp3) is 0.400. The molecule has 4 rings (SSSR count). The summed E-state index contributed by atoms with van der Waals surface area (Å²) in [5.74, 6) is -1.21. The molecule has 1 fully saturated rings. The maximum Gasteiger partial charge on any atom is 0.324 e. The average Bonchev–Trinajstić information content (AvgIpc) is 3.17. The van der Waals surface area contributed by atoms with Crippen LogP contribution in [0.5, 0.6) is 5.75 Å². The van der Waals surface area contributed by atoms with E-state index in [4.69, 9.17) is 5.11 Å². The molecule has 1 atom stereocenters. The van der Waals surface area contributed by atoms with E-state index < -0.39 is 37.6 Å². The molecule has 1 N–H and O–H groups in total. The summed E-state index contributed by atoms with van der Waals surface area (Å²) in [4.78, 5) is 30.5. The molecule has 0 amide bonds. The van der Waals surface area contributed by atoms with Crippen molar-refractivity contribution in [2.24, 2.45) is 0 Å². The molecule has 2 aliphatic heterocycles. The number of nitro groups is 3. The zero-order valence-electron chi connectivity index (χ0n) is 16.7. The summed E-state index contributed by atoms with van der Waals surface area (Å²) in [6, 6.07) is 10.7. The smallest absolute Gasteiger partial charge is 0.324 e. The van der Waals surface area contributed by atoms with Crippen LogP contribution in [0.4, 0.5) is 17.1 Å². The number of nitro benzene ring substituents is 3. The lowest BCUT2D eigenvalue weighted by molar-refractivity contribution is -0.404. The second-order valence-electron chi connectivity index (χ2n) is 7.45. The number of phenols is 1. The number of non-ortho nitro benzene ring substituents is 1. The molecule has 0 radical (unpaired) electrons. The molecule has 0 aromatic heterocycles. The van der Waals surface area contributed by atoms with E-state index in [1.807, 2.05) is 0 Å². The minimum Gasteiger partial charge on any atom is -0.497 e. The Balaban J connectivity index is 0.000000176. The molecule has 0 spiro atoms. The van der Waals surface area contributed by atoms with Crippen LogP contribution in [0.25, 0.3) is 0 Å². The molecule has 0 bridgehead atoms.